The van der Waals surface area contributed by atoms with Gasteiger partial charge in [0.2, 0.25) is 0 Å². The summed E-state index contributed by atoms with van der Waals surface area (Å²) in [5.41, 5.74) is 7.15. The number of nitrogens with zero attached hydrogens (tertiary/aromatic N) is 2. The number of nitrogens with two attached hydrogens (primary N) is 1. The van der Waals surface area contributed by atoms with Crippen molar-refractivity contribution < 1.29 is 10.0 Å². The van der Waals surface area contributed by atoms with Crippen LogP contribution in [0.4, 0.5) is 0 Å². The zero-order chi connectivity index (χ0) is 14.8. The number of hydrogen-bond donors (Lipinski definition) is 2. The number of amides is 1. The lowest BCUT2D eigenvalue weighted by Gasteiger charge is -2.38. The van der Waals surface area contributed by atoms with Crippen molar-refractivity contribution in [1.82, 2.24) is 4.90 Å². The van der Waals surface area contributed by atoms with Gasteiger partial charge in [-0.25, -0.2) is 0 Å². The molecule has 20 heavy (non-hydrogen) atoms. The lowest BCUT2D eigenvalue weighted by atomic mass is 9.79. The van der Waals surface area contributed by atoms with Gasteiger partial charge in [0.25, 0.3) is 5.91 Å². The van der Waals surface area contributed by atoms with Crippen LogP contribution < -0.4 is 5.73 Å². The number of benzene rings is 1. The van der Waals surface area contributed by atoms with E-state index in [2.05, 4.69) is 5.16 Å². The van der Waals surface area contributed by atoms with E-state index in [0.717, 1.165) is 11.1 Å². The second kappa shape index (κ2) is 5.53. The van der Waals surface area contributed by atoms with Crippen LogP contribution in [0, 0.1) is 12.3 Å². The average Bonchev–Trinajstić information content (AvgIpc) is 2.47. The SMILES string of the molecule is Cc1ccccc1C(=O)N1CCC(C)(/C(N)=N/O)CC1. The second-order valence-electron chi connectivity index (χ2n) is 5.65. The highest BCUT2D eigenvalue weighted by atomic mass is 16.4. The minimum Gasteiger partial charge on any atom is -0.409 e. The Labute approximate surface area is 119 Å². The van der Waals surface area contributed by atoms with Gasteiger partial charge in [0, 0.05) is 24.1 Å². The third-order valence-electron chi connectivity index (χ3n) is 4.26. The van der Waals surface area contributed by atoms with E-state index < -0.39 is 0 Å². The lowest BCUT2D eigenvalue weighted by Crippen LogP contribution is -2.47. The molecule has 1 heterocycles. The summed E-state index contributed by atoms with van der Waals surface area (Å²) >= 11 is 0. The van der Waals surface area contributed by atoms with Crippen molar-refractivity contribution in [2.75, 3.05) is 13.1 Å². The van der Waals surface area contributed by atoms with Crippen molar-refractivity contribution in [3.05, 3.63) is 35.4 Å². The summed E-state index contributed by atoms with van der Waals surface area (Å²) < 4.78 is 0. The predicted molar refractivity (Wildman–Crippen MR) is 77.8 cm³/mol. The Morgan fingerprint density at radius 2 is 1.95 bits per heavy atom. The Kier molecular flexibility index (Phi) is 3.97. The van der Waals surface area contributed by atoms with E-state index in [9.17, 15) is 4.79 Å². The molecule has 1 amide bonds. The van der Waals surface area contributed by atoms with E-state index in [-0.39, 0.29) is 17.2 Å². The first-order valence-corrected chi connectivity index (χ1v) is 6.81. The number of amidine groups is 1. The van der Waals surface area contributed by atoms with E-state index in [0.29, 0.717) is 25.9 Å². The highest BCUT2D eigenvalue weighted by Gasteiger charge is 2.35. The number of likely N-dealkylation sites (tertiary alicyclic amines) is 1. The van der Waals surface area contributed by atoms with Crippen molar-refractivity contribution in [2.45, 2.75) is 26.7 Å². The molecule has 1 fully saturated rings. The molecule has 0 bridgehead atoms. The lowest BCUT2D eigenvalue weighted by molar-refractivity contribution is 0.0666. The van der Waals surface area contributed by atoms with E-state index in [1.54, 1.807) is 0 Å². The van der Waals surface area contributed by atoms with Crippen LogP contribution in [-0.2, 0) is 0 Å². The maximum atomic E-state index is 12.5. The average molecular weight is 275 g/mol. The molecular formula is C15H21N3O2. The molecule has 1 aliphatic rings. The fourth-order valence-corrected chi connectivity index (χ4v) is 2.56. The fraction of sp³-hybridized carbons (Fsp3) is 0.467. The minimum atomic E-state index is -0.322. The van der Waals surface area contributed by atoms with Crippen molar-refractivity contribution >= 4 is 11.7 Å². The fourth-order valence-electron chi connectivity index (χ4n) is 2.56. The summed E-state index contributed by atoms with van der Waals surface area (Å²) in [6, 6.07) is 7.61. The van der Waals surface area contributed by atoms with E-state index in [1.165, 1.54) is 0 Å². The van der Waals surface area contributed by atoms with Crippen LogP contribution in [0.3, 0.4) is 0 Å². The molecule has 108 valence electrons. The number of oxime groups is 1. The van der Waals surface area contributed by atoms with Crippen molar-refractivity contribution in [3.8, 4) is 0 Å². The summed E-state index contributed by atoms with van der Waals surface area (Å²) in [5, 5.41) is 11.9. The standard InChI is InChI=1S/C15H21N3O2/c1-11-5-3-4-6-12(11)13(19)18-9-7-15(2,8-10-18)14(16)17-20/h3-6,20H,7-10H2,1-2H3,(H2,16,17). The van der Waals surface area contributed by atoms with Gasteiger partial charge in [0.1, 0.15) is 5.84 Å². The van der Waals surface area contributed by atoms with Crippen molar-refractivity contribution in [1.29, 1.82) is 0 Å². The molecule has 0 saturated carbocycles. The molecule has 0 atom stereocenters. The zero-order valence-electron chi connectivity index (χ0n) is 12.0. The molecule has 0 radical (unpaired) electrons. The summed E-state index contributed by atoms with van der Waals surface area (Å²) in [6.07, 6.45) is 1.42. The maximum Gasteiger partial charge on any atom is 0.254 e. The topological polar surface area (TPSA) is 78.9 Å². The summed E-state index contributed by atoms with van der Waals surface area (Å²) in [4.78, 5) is 14.3. The first-order valence-electron chi connectivity index (χ1n) is 6.81. The van der Waals surface area contributed by atoms with Gasteiger partial charge in [0.15, 0.2) is 0 Å². The quantitative estimate of drug-likeness (QED) is 0.375. The van der Waals surface area contributed by atoms with Crippen LogP contribution in [0.2, 0.25) is 0 Å². The Balaban J connectivity index is 2.08. The molecule has 3 N–H and O–H groups in total. The van der Waals surface area contributed by atoms with Crippen LogP contribution >= 0.6 is 0 Å². The van der Waals surface area contributed by atoms with Crippen molar-refractivity contribution in [2.24, 2.45) is 16.3 Å². The summed E-state index contributed by atoms with van der Waals surface area (Å²) in [6.45, 7) is 5.16. The molecule has 1 aromatic rings. The number of carbonyl (C=O) groups excluding carboxylic acids is 1. The minimum absolute atomic E-state index is 0.0599. The smallest absolute Gasteiger partial charge is 0.254 e. The van der Waals surface area contributed by atoms with Gasteiger partial charge in [-0.1, -0.05) is 30.3 Å². The highest BCUT2D eigenvalue weighted by molar-refractivity contribution is 5.96. The zero-order valence-corrected chi connectivity index (χ0v) is 12.0. The normalized spacial score (nSPS) is 18.9. The third kappa shape index (κ3) is 2.61. The molecule has 1 aromatic carbocycles. The van der Waals surface area contributed by atoms with Crippen molar-refractivity contribution in [3.63, 3.8) is 0 Å². The molecule has 2 rings (SSSR count). The largest absolute Gasteiger partial charge is 0.409 e. The first kappa shape index (κ1) is 14.4. The Morgan fingerprint density at radius 1 is 1.35 bits per heavy atom. The van der Waals surface area contributed by atoms with Crippen LogP contribution in [0.1, 0.15) is 35.7 Å². The Hall–Kier alpha value is -2.04. The van der Waals surface area contributed by atoms with Crippen LogP contribution in [0.5, 0.6) is 0 Å². The first-order chi connectivity index (χ1) is 9.48. The number of hydrogen-bond acceptors (Lipinski definition) is 3. The second-order valence-corrected chi connectivity index (χ2v) is 5.65. The number of carbonyl (C=O) groups is 1. The predicted octanol–water partition coefficient (Wildman–Crippen LogP) is 1.98. The number of aryl methyl sites for hydroxylation is 1. The molecule has 0 unspecified atom stereocenters. The van der Waals surface area contributed by atoms with E-state index in [1.807, 2.05) is 43.0 Å². The highest BCUT2D eigenvalue weighted by Crippen LogP contribution is 2.31. The van der Waals surface area contributed by atoms with Crippen LogP contribution in [-0.4, -0.2) is 34.9 Å². The molecular weight excluding hydrogens is 254 g/mol. The molecule has 5 nitrogen and oxygen atoms in total. The number of piperidine rings is 1. The van der Waals surface area contributed by atoms with Crippen LogP contribution in [0.25, 0.3) is 0 Å². The molecule has 1 saturated heterocycles. The Bertz CT molecular complexity index is 532. The number of rotatable bonds is 2. The Morgan fingerprint density at radius 3 is 2.50 bits per heavy atom. The van der Waals surface area contributed by atoms with E-state index >= 15 is 0 Å². The summed E-state index contributed by atoms with van der Waals surface area (Å²) in [7, 11) is 0. The van der Waals surface area contributed by atoms with Gasteiger partial charge < -0.3 is 15.8 Å². The maximum absolute atomic E-state index is 12.5. The molecule has 1 aliphatic heterocycles. The van der Waals surface area contributed by atoms with Gasteiger partial charge in [-0.2, -0.15) is 0 Å². The molecule has 0 spiro atoms. The molecule has 0 aliphatic carbocycles. The van der Waals surface area contributed by atoms with Crippen LogP contribution in [0.15, 0.2) is 29.4 Å². The van der Waals surface area contributed by atoms with E-state index in [4.69, 9.17) is 10.9 Å². The van der Waals surface area contributed by atoms with Gasteiger partial charge in [0.05, 0.1) is 0 Å². The van der Waals surface area contributed by atoms with Gasteiger partial charge >= 0.3 is 0 Å². The van der Waals surface area contributed by atoms with Gasteiger partial charge in [-0.05, 0) is 31.4 Å². The van der Waals surface area contributed by atoms with Gasteiger partial charge in [-0.3, -0.25) is 4.79 Å². The van der Waals surface area contributed by atoms with Gasteiger partial charge in [-0.15, -0.1) is 0 Å². The molecule has 5 heteroatoms. The molecule has 0 aromatic heterocycles. The third-order valence-corrected chi connectivity index (χ3v) is 4.26. The monoisotopic (exact) mass is 275 g/mol. The summed E-state index contributed by atoms with van der Waals surface area (Å²) in [5.74, 6) is 0.310.